The predicted octanol–water partition coefficient (Wildman–Crippen LogP) is 2.26. The number of hydrogen-bond donors (Lipinski definition) is 1. The number of anilines is 1. The minimum atomic E-state index is -4.49. The minimum absolute atomic E-state index is 0.117. The lowest BCUT2D eigenvalue weighted by molar-refractivity contribution is -0.142. The van der Waals surface area contributed by atoms with Crippen molar-refractivity contribution in [2.24, 2.45) is 11.8 Å². The van der Waals surface area contributed by atoms with Gasteiger partial charge in [-0.15, -0.1) is 0 Å². The van der Waals surface area contributed by atoms with Crippen LogP contribution in [-0.2, 0) is 11.0 Å². The number of aliphatic carboxylic acids is 1. The summed E-state index contributed by atoms with van der Waals surface area (Å²) >= 11 is 0. The van der Waals surface area contributed by atoms with Gasteiger partial charge in [-0.2, -0.15) is 13.2 Å². The lowest BCUT2D eigenvalue weighted by Crippen LogP contribution is -2.24. The number of rotatable bonds is 2. The molecule has 0 aromatic carbocycles. The molecule has 0 aliphatic carbocycles. The van der Waals surface area contributed by atoms with Crippen LogP contribution in [-0.4, -0.2) is 29.1 Å². The van der Waals surface area contributed by atoms with E-state index in [0.717, 1.165) is 6.07 Å². The van der Waals surface area contributed by atoms with E-state index >= 15 is 0 Å². The van der Waals surface area contributed by atoms with E-state index in [9.17, 15) is 18.0 Å². The average molecular weight is 274 g/mol. The number of carbonyl (C=O) groups is 1. The maximum absolute atomic E-state index is 12.6. The summed E-state index contributed by atoms with van der Waals surface area (Å²) in [7, 11) is 0. The van der Waals surface area contributed by atoms with Gasteiger partial charge in [0.15, 0.2) is 0 Å². The number of hydrogen-bond acceptors (Lipinski definition) is 3. The van der Waals surface area contributed by atoms with Crippen molar-refractivity contribution in [3.63, 3.8) is 0 Å². The maximum Gasteiger partial charge on any atom is 0.433 e. The van der Waals surface area contributed by atoms with Crippen LogP contribution in [0, 0.1) is 11.8 Å². The molecule has 0 saturated carbocycles. The number of carboxylic acids is 1. The van der Waals surface area contributed by atoms with Crippen LogP contribution in [0.5, 0.6) is 0 Å². The van der Waals surface area contributed by atoms with Crippen molar-refractivity contribution in [3.05, 3.63) is 23.9 Å². The SMILES string of the molecule is CC1CN(c2cccc(C(F)(F)F)n2)CC1C(=O)O. The van der Waals surface area contributed by atoms with E-state index in [2.05, 4.69) is 4.98 Å². The lowest BCUT2D eigenvalue weighted by atomic mass is 9.99. The zero-order chi connectivity index (χ0) is 14.2. The summed E-state index contributed by atoms with van der Waals surface area (Å²) in [4.78, 5) is 16.1. The third kappa shape index (κ3) is 2.80. The highest BCUT2D eigenvalue weighted by molar-refractivity contribution is 5.72. The number of pyridine rings is 1. The molecule has 1 aliphatic rings. The third-order valence-corrected chi connectivity index (χ3v) is 3.28. The van der Waals surface area contributed by atoms with Crippen LogP contribution in [0.4, 0.5) is 19.0 Å². The highest BCUT2D eigenvalue weighted by atomic mass is 19.4. The second kappa shape index (κ2) is 4.71. The number of alkyl halides is 3. The van der Waals surface area contributed by atoms with Crippen molar-refractivity contribution in [1.29, 1.82) is 0 Å². The Morgan fingerprint density at radius 3 is 2.63 bits per heavy atom. The van der Waals surface area contributed by atoms with Gasteiger partial charge in [0.05, 0.1) is 5.92 Å². The van der Waals surface area contributed by atoms with Gasteiger partial charge in [0.2, 0.25) is 0 Å². The molecule has 1 fully saturated rings. The second-order valence-electron chi connectivity index (χ2n) is 4.71. The summed E-state index contributed by atoms with van der Waals surface area (Å²) in [5.41, 5.74) is -0.962. The second-order valence-corrected chi connectivity index (χ2v) is 4.71. The Labute approximate surface area is 107 Å². The molecule has 0 radical (unpaired) electrons. The molecule has 1 N–H and O–H groups in total. The van der Waals surface area contributed by atoms with E-state index in [4.69, 9.17) is 5.11 Å². The molecular weight excluding hydrogens is 261 g/mol. The van der Waals surface area contributed by atoms with Crippen molar-refractivity contribution < 1.29 is 23.1 Å². The zero-order valence-electron chi connectivity index (χ0n) is 10.2. The molecule has 1 aromatic heterocycles. The van der Waals surface area contributed by atoms with Crippen LogP contribution >= 0.6 is 0 Å². The first-order valence-electron chi connectivity index (χ1n) is 5.81. The minimum Gasteiger partial charge on any atom is -0.481 e. The van der Waals surface area contributed by atoms with Crippen molar-refractivity contribution in [1.82, 2.24) is 4.98 Å². The Kier molecular flexibility index (Phi) is 3.38. The van der Waals surface area contributed by atoms with E-state index in [1.54, 1.807) is 11.8 Å². The highest BCUT2D eigenvalue weighted by Crippen LogP contribution is 2.31. The summed E-state index contributed by atoms with van der Waals surface area (Å²) in [6.07, 6.45) is -4.49. The van der Waals surface area contributed by atoms with Gasteiger partial charge in [0.1, 0.15) is 11.5 Å². The molecule has 0 amide bonds. The Morgan fingerprint density at radius 2 is 2.11 bits per heavy atom. The molecule has 2 heterocycles. The molecule has 104 valence electrons. The van der Waals surface area contributed by atoms with Gasteiger partial charge in [-0.3, -0.25) is 4.79 Å². The Morgan fingerprint density at radius 1 is 1.42 bits per heavy atom. The summed E-state index contributed by atoms with van der Waals surface area (Å²) < 4.78 is 37.7. The van der Waals surface area contributed by atoms with Crippen molar-refractivity contribution in [2.45, 2.75) is 13.1 Å². The predicted molar refractivity (Wildman–Crippen MR) is 61.7 cm³/mol. The van der Waals surface area contributed by atoms with E-state index in [1.165, 1.54) is 12.1 Å². The maximum atomic E-state index is 12.6. The summed E-state index contributed by atoms with van der Waals surface area (Å²) in [5, 5.41) is 9.01. The first-order valence-corrected chi connectivity index (χ1v) is 5.81. The molecule has 19 heavy (non-hydrogen) atoms. The van der Waals surface area contributed by atoms with Gasteiger partial charge in [-0.25, -0.2) is 4.98 Å². The normalized spacial score (nSPS) is 23.7. The molecule has 4 nitrogen and oxygen atoms in total. The van der Waals surface area contributed by atoms with E-state index in [-0.39, 0.29) is 18.3 Å². The summed E-state index contributed by atoms with van der Waals surface area (Å²) in [6, 6.07) is 3.65. The van der Waals surface area contributed by atoms with E-state index in [1.807, 2.05) is 0 Å². The quantitative estimate of drug-likeness (QED) is 0.898. The topological polar surface area (TPSA) is 53.4 Å². The van der Waals surface area contributed by atoms with Gasteiger partial charge in [0.25, 0.3) is 0 Å². The Bertz CT molecular complexity index is 490. The molecule has 1 aromatic rings. The number of carboxylic acid groups (broad SMARTS) is 1. The van der Waals surface area contributed by atoms with Gasteiger partial charge in [0, 0.05) is 13.1 Å². The van der Waals surface area contributed by atoms with Gasteiger partial charge < -0.3 is 10.0 Å². The smallest absolute Gasteiger partial charge is 0.433 e. The van der Waals surface area contributed by atoms with Crippen LogP contribution in [0.1, 0.15) is 12.6 Å². The third-order valence-electron chi connectivity index (χ3n) is 3.28. The molecule has 0 spiro atoms. The average Bonchev–Trinajstić information content (AvgIpc) is 2.70. The van der Waals surface area contributed by atoms with Crippen molar-refractivity contribution >= 4 is 11.8 Å². The number of aromatic nitrogens is 1. The van der Waals surface area contributed by atoms with Gasteiger partial charge >= 0.3 is 12.1 Å². The molecular formula is C12H13F3N2O2. The van der Waals surface area contributed by atoms with Crippen molar-refractivity contribution in [3.8, 4) is 0 Å². The Balaban J connectivity index is 2.22. The highest BCUT2D eigenvalue weighted by Gasteiger charge is 2.37. The van der Waals surface area contributed by atoms with Gasteiger partial charge in [-0.05, 0) is 18.1 Å². The number of halogens is 3. The van der Waals surface area contributed by atoms with Crippen molar-refractivity contribution in [2.75, 3.05) is 18.0 Å². The lowest BCUT2D eigenvalue weighted by Gasteiger charge is -2.18. The van der Waals surface area contributed by atoms with Crippen LogP contribution in [0.15, 0.2) is 18.2 Å². The summed E-state index contributed by atoms with van der Waals surface area (Å²) in [5.74, 6) is -1.45. The van der Waals surface area contributed by atoms with E-state index < -0.39 is 23.8 Å². The Hall–Kier alpha value is -1.79. The summed E-state index contributed by atoms with van der Waals surface area (Å²) in [6.45, 7) is 2.35. The number of nitrogens with zero attached hydrogens (tertiary/aromatic N) is 2. The molecule has 2 unspecified atom stereocenters. The largest absolute Gasteiger partial charge is 0.481 e. The molecule has 2 atom stereocenters. The van der Waals surface area contributed by atoms with E-state index in [0.29, 0.717) is 6.54 Å². The van der Waals surface area contributed by atoms with Crippen LogP contribution < -0.4 is 4.90 Å². The van der Waals surface area contributed by atoms with Crippen LogP contribution in [0.25, 0.3) is 0 Å². The molecule has 2 rings (SSSR count). The molecule has 1 aliphatic heterocycles. The fraction of sp³-hybridized carbons (Fsp3) is 0.500. The van der Waals surface area contributed by atoms with Crippen LogP contribution in [0.2, 0.25) is 0 Å². The van der Waals surface area contributed by atoms with Gasteiger partial charge in [-0.1, -0.05) is 13.0 Å². The van der Waals surface area contributed by atoms with Crippen LogP contribution in [0.3, 0.4) is 0 Å². The first-order chi connectivity index (χ1) is 8.79. The molecule has 0 bridgehead atoms. The molecule has 7 heteroatoms. The molecule has 1 saturated heterocycles. The standard InChI is InChI=1S/C12H13F3N2O2/c1-7-5-17(6-8(7)11(18)19)10-4-2-3-9(16-10)12(13,14)15/h2-4,7-8H,5-6H2,1H3,(H,18,19). The monoisotopic (exact) mass is 274 g/mol. The fourth-order valence-electron chi connectivity index (χ4n) is 2.23. The fourth-order valence-corrected chi connectivity index (χ4v) is 2.23. The zero-order valence-corrected chi connectivity index (χ0v) is 10.2. The first kappa shape index (κ1) is 13.6.